The van der Waals surface area contributed by atoms with E-state index >= 15 is 0 Å². The molecule has 3 heterocycles. The molecule has 0 N–H and O–H groups in total. The molecule has 0 atom stereocenters. The molecule has 16 rings (SSSR count). The van der Waals surface area contributed by atoms with Gasteiger partial charge in [-0.1, -0.05) is 194 Å². The van der Waals surface area contributed by atoms with Crippen molar-refractivity contribution in [1.29, 1.82) is 0 Å². The van der Waals surface area contributed by atoms with Gasteiger partial charge in [0, 0.05) is 15.6 Å². The van der Waals surface area contributed by atoms with E-state index in [0.717, 1.165) is 61.5 Å². The summed E-state index contributed by atoms with van der Waals surface area (Å²) in [7, 11) is 0. The minimum Gasteiger partial charge on any atom is -0.173 e. The van der Waals surface area contributed by atoms with Crippen molar-refractivity contribution in [3.8, 4) is 66.8 Å². The minimum absolute atomic E-state index is 0. The number of aromatic nitrogens is 6. The van der Waals surface area contributed by atoms with Crippen LogP contribution in [-0.4, -0.2) is 26.2 Å². The van der Waals surface area contributed by atoms with Crippen LogP contribution in [0.1, 0.15) is 66.5 Å². The fourth-order valence-corrected chi connectivity index (χ4v) is 14.9. The number of hydrogen-bond acceptors (Lipinski definition) is 9. The number of hydrogen-bond donors (Lipinski definition) is 0. The van der Waals surface area contributed by atoms with E-state index in [1.54, 1.807) is 11.1 Å². The van der Waals surface area contributed by atoms with Crippen LogP contribution < -0.4 is 0 Å². The van der Waals surface area contributed by atoms with Gasteiger partial charge >= 0.3 is 0 Å². The Kier molecular flexibility index (Phi) is 15.4. The van der Waals surface area contributed by atoms with Gasteiger partial charge in [0.1, 0.15) is 33.1 Å². The first kappa shape index (κ1) is 54.1. The molecule has 2 aliphatic rings. The maximum absolute atomic E-state index is 4.57. The topological polar surface area (TPSA) is 77.3 Å². The third-order valence-electron chi connectivity index (χ3n) is 16.5. The SMILES string of the molecule is Brc1cccc2nsnc12.C.Cc1ccc(-c2c3c(c(-c4ccc(C)cc4)c4ccccc24)CCCC3)cc1.c1cc(-c2ccc(-c3c4c(c(-c5ccc(-c6cccc7nsnc67)cc5)c5ccccc35)CCCC4)cc2)c2nsnc2c1. The molecule has 0 unspecified atom stereocenters. The van der Waals surface area contributed by atoms with Gasteiger partial charge in [-0.05, 0) is 205 Å². The maximum Gasteiger partial charge on any atom is 0.118 e. The highest BCUT2D eigenvalue weighted by Gasteiger charge is 2.26. The van der Waals surface area contributed by atoms with Gasteiger partial charge < -0.3 is 0 Å². The lowest BCUT2D eigenvalue weighted by Crippen LogP contribution is -2.08. The molecule has 6 nitrogen and oxygen atoms in total. The molecule has 0 amide bonds. The normalized spacial score (nSPS) is 12.8. The maximum atomic E-state index is 4.57. The molecule has 0 bridgehead atoms. The van der Waals surface area contributed by atoms with E-state index < -0.39 is 0 Å². The van der Waals surface area contributed by atoms with Crippen LogP contribution in [0.25, 0.3) is 121 Å². The van der Waals surface area contributed by atoms with Crippen LogP contribution in [0.2, 0.25) is 0 Å². The van der Waals surface area contributed by atoms with E-state index in [4.69, 9.17) is 0 Å². The molecular weight excluding hydrogens is 1140 g/mol. The molecule has 0 saturated heterocycles. The van der Waals surface area contributed by atoms with Crippen LogP contribution in [0.3, 0.4) is 0 Å². The summed E-state index contributed by atoms with van der Waals surface area (Å²) in [6.07, 6.45) is 9.59. The monoisotopic (exact) mass is 1190 g/mol. The van der Waals surface area contributed by atoms with Crippen molar-refractivity contribution in [2.24, 2.45) is 0 Å². The zero-order chi connectivity index (χ0) is 55.1. The molecule has 83 heavy (non-hydrogen) atoms. The molecule has 0 saturated carbocycles. The minimum atomic E-state index is 0. The lowest BCUT2D eigenvalue weighted by molar-refractivity contribution is 0.689. The van der Waals surface area contributed by atoms with Crippen LogP contribution in [0.4, 0.5) is 0 Å². The molecule has 406 valence electrons. The van der Waals surface area contributed by atoms with E-state index in [1.165, 1.54) is 173 Å². The molecule has 0 aliphatic heterocycles. The van der Waals surface area contributed by atoms with Crippen LogP contribution >= 0.6 is 51.1 Å². The number of aryl methyl sites for hydroxylation is 2. The first-order chi connectivity index (χ1) is 40.4. The van der Waals surface area contributed by atoms with Gasteiger partial charge in [0.15, 0.2) is 0 Å². The van der Waals surface area contributed by atoms with Gasteiger partial charge in [-0.25, -0.2) is 0 Å². The molecule has 0 radical (unpaired) electrons. The van der Waals surface area contributed by atoms with E-state index in [2.05, 4.69) is 226 Å². The highest BCUT2D eigenvalue weighted by molar-refractivity contribution is 9.10. The summed E-state index contributed by atoms with van der Waals surface area (Å²) < 4.78 is 27.2. The summed E-state index contributed by atoms with van der Waals surface area (Å²) in [6.45, 7) is 4.33. The third kappa shape index (κ3) is 10.4. The Morgan fingerprint density at radius 2 is 0.590 bits per heavy atom. The third-order valence-corrected chi connectivity index (χ3v) is 18.8. The number of benzene rings is 11. The van der Waals surface area contributed by atoms with Crippen molar-refractivity contribution < 1.29 is 0 Å². The Morgan fingerprint density at radius 3 is 0.928 bits per heavy atom. The van der Waals surface area contributed by atoms with Crippen molar-refractivity contribution in [2.75, 3.05) is 0 Å². The van der Waals surface area contributed by atoms with Crippen LogP contribution in [-0.2, 0) is 25.7 Å². The predicted octanol–water partition coefficient (Wildman–Crippen LogP) is 21.2. The van der Waals surface area contributed by atoms with Crippen molar-refractivity contribution in [3.63, 3.8) is 0 Å². The molecule has 10 heteroatoms. The number of halogens is 1. The predicted molar refractivity (Wildman–Crippen MR) is 357 cm³/mol. The molecule has 0 fully saturated rings. The largest absolute Gasteiger partial charge is 0.173 e. The fourth-order valence-electron chi connectivity index (χ4n) is 12.6. The van der Waals surface area contributed by atoms with Crippen molar-refractivity contribution in [2.45, 2.75) is 72.6 Å². The number of nitrogens with zero attached hydrogens (tertiary/aromatic N) is 6. The summed E-state index contributed by atoms with van der Waals surface area (Å²) in [4.78, 5) is 0. The first-order valence-corrected chi connectivity index (χ1v) is 31.2. The Bertz CT molecular complexity index is 4400. The second kappa shape index (κ2) is 23.6. The smallest absolute Gasteiger partial charge is 0.118 e. The Hall–Kier alpha value is -8.12. The summed E-state index contributed by atoms with van der Waals surface area (Å²) >= 11 is 7.16. The van der Waals surface area contributed by atoms with Crippen LogP contribution in [0.5, 0.6) is 0 Å². The Balaban J connectivity index is 0.000000140. The number of rotatable bonds is 6. The molecule has 3 aromatic heterocycles. The van der Waals surface area contributed by atoms with Crippen LogP contribution in [0, 0.1) is 13.8 Å². The van der Waals surface area contributed by atoms with Gasteiger partial charge in [-0.15, -0.1) is 0 Å². The summed E-state index contributed by atoms with van der Waals surface area (Å²) in [6, 6.07) is 72.7. The molecule has 0 spiro atoms. The average molecular weight is 1200 g/mol. The lowest BCUT2D eigenvalue weighted by Gasteiger charge is -2.26. The zero-order valence-electron chi connectivity index (χ0n) is 45.5. The summed E-state index contributed by atoms with van der Waals surface area (Å²) in [5.74, 6) is 0. The van der Waals surface area contributed by atoms with Gasteiger partial charge in [0.25, 0.3) is 0 Å². The van der Waals surface area contributed by atoms with E-state index in [9.17, 15) is 0 Å². The molecule has 11 aromatic carbocycles. The molecule has 2 aliphatic carbocycles. The second-order valence-electron chi connectivity index (χ2n) is 21.6. The standard InChI is InChI=1S/C38H26N4S2.C28H26.C6H3BrN2S.CH4/c1-2-8-30-29(7-1)35(25-19-15-23(16-20-25)27-11-5-13-33-37(27)41-43-39-33)31-9-3-4-10-32(31)36(30)26-21-17-24(18-22-26)28-12-6-14-34-38(28)42-44-40-34;1-19-11-15-21(16-12-19)27-23-7-3-5-9-25(23)28(22-17-13-20(2)14-18-22)26-10-6-4-8-24(26)27;7-4-2-1-3-5-6(4)9-10-8-5;/h1-2,5-8,11-22H,3-4,9-10H2;3,5,7,9,11-18H,4,6,8,10H2,1-2H3;1-3H;1H4. The van der Waals surface area contributed by atoms with Crippen LogP contribution in [0.15, 0.2) is 205 Å². The Morgan fingerprint density at radius 1 is 0.301 bits per heavy atom. The number of fused-ring (bicyclic) bond motifs is 7. The van der Waals surface area contributed by atoms with E-state index in [0.29, 0.717) is 0 Å². The van der Waals surface area contributed by atoms with Gasteiger partial charge in [0.2, 0.25) is 0 Å². The van der Waals surface area contributed by atoms with Gasteiger partial charge in [-0.2, -0.15) is 26.2 Å². The quantitative estimate of drug-likeness (QED) is 0.165. The molecular formula is C73H59BrN6S3. The van der Waals surface area contributed by atoms with Crippen molar-refractivity contribution >= 4 is 106 Å². The zero-order valence-corrected chi connectivity index (χ0v) is 49.5. The second-order valence-corrected chi connectivity index (χ2v) is 24.0. The molecule has 14 aromatic rings. The highest BCUT2D eigenvalue weighted by Crippen LogP contribution is 2.47. The fraction of sp³-hybridized carbons (Fsp3) is 0.151. The highest BCUT2D eigenvalue weighted by atomic mass is 79.9. The summed E-state index contributed by atoms with van der Waals surface area (Å²) in [5, 5.41) is 5.43. The van der Waals surface area contributed by atoms with Gasteiger partial charge in [-0.3, -0.25) is 0 Å². The van der Waals surface area contributed by atoms with Gasteiger partial charge in [0.05, 0.1) is 35.2 Å². The average Bonchev–Trinajstić information content (AvgIpc) is 3.52. The van der Waals surface area contributed by atoms with Crippen molar-refractivity contribution in [3.05, 3.63) is 238 Å². The van der Waals surface area contributed by atoms with E-state index in [-0.39, 0.29) is 7.43 Å². The van der Waals surface area contributed by atoms with Crippen molar-refractivity contribution in [1.82, 2.24) is 26.2 Å². The lowest BCUT2D eigenvalue weighted by atomic mass is 9.77. The first-order valence-electron chi connectivity index (χ1n) is 28.2. The Labute approximate surface area is 505 Å². The van der Waals surface area contributed by atoms with E-state index in [1.807, 2.05) is 30.3 Å². The summed E-state index contributed by atoms with van der Waals surface area (Å²) in [5.41, 5.74) is 30.1.